The number of halogens is 2. The molecule has 4 nitrogen and oxygen atoms in total. The summed E-state index contributed by atoms with van der Waals surface area (Å²) in [6.45, 7) is 5.46. The van der Waals surface area contributed by atoms with Gasteiger partial charge < -0.3 is 9.84 Å². The maximum atomic E-state index is 10.2. The van der Waals surface area contributed by atoms with Crippen LogP contribution in [0.4, 0.5) is 0 Å². The fourth-order valence-electron chi connectivity index (χ4n) is 3.81. The average molecular weight is 345 g/mol. The Labute approximate surface area is 141 Å². The third-order valence-corrected chi connectivity index (χ3v) is 5.51. The molecule has 1 aromatic heterocycles. The van der Waals surface area contributed by atoms with Crippen LogP contribution in [-0.4, -0.2) is 46.9 Å². The standard InChI is InChI=1S/C16H22Cl2N2O2/c1-2-22-13-9-12(21)16(13)3-5-20(6-4-16)10-11-7-14(17)19-15(18)8-11/h7-8,12-13,21H,2-6,9-10H2,1H3. The van der Waals surface area contributed by atoms with E-state index in [9.17, 15) is 5.11 Å². The van der Waals surface area contributed by atoms with E-state index in [1.807, 2.05) is 19.1 Å². The molecule has 2 atom stereocenters. The number of aliphatic hydroxyl groups excluding tert-OH is 1. The minimum Gasteiger partial charge on any atom is -0.392 e. The maximum absolute atomic E-state index is 10.2. The lowest BCUT2D eigenvalue weighted by Crippen LogP contribution is -2.62. The minimum absolute atomic E-state index is 0.0277. The summed E-state index contributed by atoms with van der Waals surface area (Å²) in [4.78, 5) is 6.35. The van der Waals surface area contributed by atoms with Gasteiger partial charge in [0.05, 0.1) is 12.2 Å². The van der Waals surface area contributed by atoms with Gasteiger partial charge in [-0.25, -0.2) is 4.98 Å². The van der Waals surface area contributed by atoms with Gasteiger partial charge in [-0.3, -0.25) is 4.90 Å². The second kappa shape index (κ2) is 6.62. The van der Waals surface area contributed by atoms with Crippen LogP contribution in [0.15, 0.2) is 12.1 Å². The largest absolute Gasteiger partial charge is 0.392 e. The predicted octanol–water partition coefficient (Wildman–Crippen LogP) is 3.14. The Balaban J connectivity index is 1.60. The number of hydrogen-bond acceptors (Lipinski definition) is 4. The number of piperidine rings is 1. The minimum atomic E-state index is -0.212. The van der Waals surface area contributed by atoms with Crippen LogP contribution >= 0.6 is 23.2 Å². The van der Waals surface area contributed by atoms with E-state index in [2.05, 4.69) is 9.88 Å². The number of hydrogen-bond donors (Lipinski definition) is 1. The molecule has 1 spiro atoms. The number of rotatable bonds is 4. The van der Waals surface area contributed by atoms with Crippen molar-refractivity contribution in [2.24, 2.45) is 5.41 Å². The molecule has 2 fully saturated rings. The first kappa shape index (κ1) is 16.5. The molecule has 0 aromatic carbocycles. The summed E-state index contributed by atoms with van der Waals surface area (Å²) >= 11 is 11.9. The molecule has 2 heterocycles. The summed E-state index contributed by atoms with van der Waals surface area (Å²) in [7, 11) is 0. The lowest BCUT2D eigenvalue weighted by Gasteiger charge is -2.56. The second-order valence-corrected chi connectivity index (χ2v) is 7.10. The van der Waals surface area contributed by atoms with Gasteiger partial charge in [0.25, 0.3) is 0 Å². The predicted molar refractivity (Wildman–Crippen MR) is 87.2 cm³/mol. The van der Waals surface area contributed by atoms with Crippen LogP contribution in [0.5, 0.6) is 0 Å². The first-order valence-corrected chi connectivity index (χ1v) is 8.63. The number of aliphatic hydroxyl groups is 1. The first-order valence-electron chi connectivity index (χ1n) is 7.87. The third-order valence-electron chi connectivity index (χ3n) is 5.13. The van der Waals surface area contributed by atoms with E-state index in [4.69, 9.17) is 27.9 Å². The molecular formula is C16H22Cl2N2O2. The topological polar surface area (TPSA) is 45.6 Å². The quantitative estimate of drug-likeness (QED) is 0.852. The third kappa shape index (κ3) is 3.13. The molecular weight excluding hydrogens is 323 g/mol. The van der Waals surface area contributed by atoms with Gasteiger partial charge in [-0.15, -0.1) is 0 Å². The number of nitrogens with zero attached hydrogens (tertiary/aromatic N) is 2. The van der Waals surface area contributed by atoms with Crippen molar-refractivity contribution in [1.82, 2.24) is 9.88 Å². The molecule has 1 aromatic rings. The summed E-state index contributed by atoms with van der Waals surface area (Å²) in [5, 5.41) is 11.1. The molecule has 3 rings (SSSR count). The van der Waals surface area contributed by atoms with Crippen LogP contribution < -0.4 is 0 Å². The van der Waals surface area contributed by atoms with Gasteiger partial charge in [-0.1, -0.05) is 23.2 Å². The number of aromatic nitrogens is 1. The smallest absolute Gasteiger partial charge is 0.131 e. The number of pyridine rings is 1. The first-order chi connectivity index (χ1) is 10.5. The molecule has 1 aliphatic heterocycles. The monoisotopic (exact) mass is 344 g/mol. The normalized spacial score (nSPS) is 27.8. The van der Waals surface area contributed by atoms with Gasteiger partial charge in [-0.05, 0) is 50.6 Å². The van der Waals surface area contributed by atoms with Gasteiger partial charge >= 0.3 is 0 Å². The van der Waals surface area contributed by atoms with E-state index in [0.717, 1.165) is 51.1 Å². The van der Waals surface area contributed by atoms with Crippen molar-refractivity contribution in [2.75, 3.05) is 19.7 Å². The average Bonchev–Trinajstić information content (AvgIpc) is 2.47. The van der Waals surface area contributed by atoms with Crippen LogP contribution in [-0.2, 0) is 11.3 Å². The van der Waals surface area contributed by atoms with E-state index in [1.165, 1.54) is 0 Å². The van der Waals surface area contributed by atoms with Crippen molar-refractivity contribution < 1.29 is 9.84 Å². The van der Waals surface area contributed by atoms with Crippen molar-refractivity contribution in [3.05, 3.63) is 28.0 Å². The fraction of sp³-hybridized carbons (Fsp3) is 0.688. The van der Waals surface area contributed by atoms with Crippen LogP contribution in [0, 0.1) is 5.41 Å². The van der Waals surface area contributed by atoms with Gasteiger partial charge in [0.1, 0.15) is 10.3 Å². The summed E-state index contributed by atoms with van der Waals surface area (Å²) in [6, 6.07) is 3.72. The molecule has 2 aliphatic rings. The highest BCUT2D eigenvalue weighted by molar-refractivity contribution is 6.32. The maximum Gasteiger partial charge on any atom is 0.131 e. The van der Waals surface area contributed by atoms with Crippen LogP contribution in [0.2, 0.25) is 10.3 Å². The van der Waals surface area contributed by atoms with E-state index in [0.29, 0.717) is 10.3 Å². The van der Waals surface area contributed by atoms with Crippen molar-refractivity contribution in [2.45, 2.75) is 44.9 Å². The summed E-state index contributed by atoms with van der Waals surface area (Å²) in [5.41, 5.74) is 1.05. The SMILES string of the molecule is CCOC1CC(O)C12CCN(Cc1cc(Cl)nc(Cl)c1)CC2. The van der Waals surface area contributed by atoms with E-state index in [1.54, 1.807) is 0 Å². The number of likely N-dealkylation sites (tertiary alicyclic amines) is 1. The highest BCUT2D eigenvalue weighted by atomic mass is 35.5. The van der Waals surface area contributed by atoms with Gasteiger partial charge in [0.2, 0.25) is 0 Å². The van der Waals surface area contributed by atoms with Gasteiger partial charge in [0, 0.05) is 25.0 Å². The Morgan fingerprint density at radius 2 is 1.95 bits per heavy atom. The van der Waals surface area contributed by atoms with Crippen LogP contribution in [0.25, 0.3) is 0 Å². The van der Waals surface area contributed by atoms with E-state index in [-0.39, 0.29) is 17.6 Å². The second-order valence-electron chi connectivity index (χ2n) is 6.33. The Morgan fingerprint density at radius 1 is 1.32 bits per heavy atom. The van der Waals surface area contributed by atoms with Crippen molar-refractivity contribution >= 4 is 23.2 Å². The fourth-order valence-corrected chi connectivity index (χ4v) is 4.31. The van der Waals surface area contributed by atoms with Crippen LogP contribution in [0.1, 0.15) is 31.7 Å². The zero-order chi connectivity index (χ0) is 15.7. The number of ether oxygens (including phenoxy) is 1. The molecule has 0 radical (unpaired) electrons. The highest BCUT2D eigenvalue weighted by Gasteiger charge is 2.55. The Morgan fingerprint density at radius 3 is 2.50 bits per heavy atom. The Bertz CT molecular complexity index is 511. The molecule has 1 N–H and O–H groups in total. The van der Waals surface area contributed by atoms with Gasteiger partial charge in [-0.2, -0.15) is 0 Å². The zero-order valence-electron chi connectivity index (χ0n) is 12.8. The molecule has 1 saturated heterocycles. The molecule has 6 heteroatoms. The summed E-state index contributed by atoms with van der Waals surface area (Å²) in [5.74, 6) is 0. The molecule has 0 amide bonds. The van der Waals surface area contributed by atoms with Crippen LogP contribution in [0.3, 0.4) is 0 Å². The van der Waals surface area contributed by atoms with Crippen molar-refractivity contribution in [3.63, 3.8) is 0 Å². The van der Waals surface area contributed by atoms with Crippen molar-refractivity contribution in [1.29, 1.82) is 0 Å². The zero-order valence-corrected chi connectivity index (χ0v) is 14.3. The molecule has 2 unspecified atom stereocenters. The molecule has 1 aliphatic carbocycles. The Kier molecular flexibility index (Phi) is 4.95. The van der Waals surface area contributed by atoms with Crippen molar-refractivity contribution in [3.8, 4) is 0 Å². The summed E-state index contributed by atoms with van der Waals surface area (Å²) in [6.07, 6.45) is 2.75. The van der Waals surface area contributed by atoms with E-state index >= 15 is 0 Å². The van der Waals surface area contributed by atoms with Gasteiger partial charge in [0.15, 0.2) is 0 Å². The highest BCUT2D eigenvalue weighted by Crippen LogP contribution is 2.51. The Hall–Kier alpha value is -0.390. The van der Waals surface area contributed by atoms with E-state index < -0.39 is 0 Å². The molecule has 22 heavy (non-hydrogen) atoms. The molecule has 0 bridgehead atoms. The molecule has 122 valence electrons. The molecule has 1 saturated carbocycles. The summed E-state index contributed by atoms with van der Waals surface area (Å²) < 4.78 is 5.80. The lowest BCUT2D eigenvalue weighted by molar-refractivity contribution is -0.209. The lowest BCUT2D eigenvalue weighted by atomic mass is 9.58.